The number of anilines is 1. The highest BCUT2D eigenvalue weighted by Crippen LogP contribution is 2.37. The number of aromatic nitrogens is 3. The summed E-state index contributed by atoms with van der Waals surface area (Å²) in [6.07, 6.45) is 1.71. The Hall–Kier alpha value is -3.55. The van der Waals surface area contributed by atoms with Gasteiger partial charge < -0.3 is 19.1 Å². The lowest BCUT2D eigenvalue weighted by atomic mass is 10.2. The maximum atomic E-state index is 5.40. The Kier molecular flexibility index (Phi) is 6.01. The molecule has 3 rings (SSSR count). The summed E-state index contributed by atoms with van der Waals surface area (Å²) in [5.41, 5.74) is 2.83. The zero-order chi connectivity index (χ0) is 21.0. The first-order valence-corrected chi connectivity index (χ1v) is 9.02. The quantitative estimate of drug-likeness (QED) is 0.572. The van der Waals surface area contributed by atoms with Crippen LogP contribution in [-0.4, -0.2) is 56.5 Å². The Morgan fingerprint density at radius 3 is 2.07 bits per heavy atom. The molecule has 8 heteroatoms. The lowest BCUT2D eigenvalue weighted by molar-refractivity contribution is 0.324. The van der Waals surface area contributed by atoms with Crippen molar-refractivity contribution < 1.29 is 14.2 Å². The minimum absolute atomic E-state index is 0.536. The first kappa shape index (κ1) is 20.2. The summed E-state index contributed by atoms with van der Waals surface area (Å²) in [5, 5.41) is 13.0. The summed E-state index contributed by atoms with van der Waals surface area (Å²) >= 11 is 0. The monoisotopic (exact) mass is 395 g/mol. The van der Waals surface area contributed by atoms with Crippen molar-refractivity contribution in [1.82, 2.24) is 14.9 Å². The molecule has 0 saturated heterocycles. The first-order valence-electron chi connectivity index (χ1n) is 9.02. The van der Waals surface area contributed by atoms with E-state index in [1.165, 1.54) is 0 Å². The molecule has 0 radical (unpaired) electrons. The van der Waals surface area contributed by atoms with Crippen LogP contribution < -0.4 is 19.1 Å². The Morgan fingerprint density at radius 2 is 1.55 bits per heavy atom. The predicted molar refractivity (Wildman–Crippen MR) is 114 cm³/mol. The average molecular weight is 395 g/mol. The van der Waals surface area contributed by atoms with E-state index >= 15 is 0 Å². The molecule has 0 aliphatic carbocycles. The molecule has 3 aromatic rings. The molecule has 0 saturated carbocycles. The second-order valence-corrected chi connectivity index (χ2v) is 6.53. The van der Waals surface area contributed by atoms with Gasteiger partial charge in [-0.05, 0) is 43.3 Å². The zero-order valence-electron chi connectivity index (χ0n) is 17.5. The van der Waals surface area contributed by atoms with Gasteiger partial charge in [-0.15, -0.1) is 10.2 Å². The molecule has 0 bridgehead atoms. The molecule has 0 amide bonds. The van der Waals surface area contributed by atoms with Crippen LogP contribution in [0.4, 0.5) is 5.69 Å². The SMILES string of the molecule is COc1cc(/C=N/n2c(C)nnc2-c2ccc(N(C)C)cc2)cc(OC)c1OC. The van der Waals surface area contributed by atoms with Gasteiger partial charge in [0, 0.05) is 30.9 Å². The molecule has 0 aliphatic heterocycles. The molecule has 0 spiro atoms. The van der Waals surface area contributed by atoms with Crippen molar-refractivity contribution in [3.8, 4) is 28.6 Å². The average Bonchev–Trinajstić information content (AvgIpc) is 3.11. The largest absolute Gasteiger partial charge is 0.493 e. The smallest absolute Gasteiger partial charge is 0.203 e. The van der Waals surface area contributed by atoms with Gasteiger partial charge in [0.1, 0.15) is 0 Å². The van der Waals surface area contributed by atoms with Crippen molar-refractivity contribution in [2.24, 2.45) is 5.10 Å². The first-order chi connectivity index (χ1) is 14.0. The van der Waals surface area contributed by atoms with Crippen LogP contribution in [0.2, 0.25) is 0 Å². The van der Waals surface area contributed by atoms with Crippen LogP contribution in [0.25, 0.3) is 11.4 Å². The number of aryl methyl sites for hydroxylation is 1. The summed E-state index contributed by atoms with van der Waals surface area (Å²) in [6, 6.07) is 11.7. The van der Waals surface area contributed by atoms with Crippen molar-refractivity contribution in [2.75, 3.05) is 40.3 Å². The van der Waals surface area contributed by atoms with Gasteiger partial charge in [-0.25, -0.2) is 0 Å². The van der Waals surface area contributed by atoms with Gasteiger partial charge in [-0.3, -0.25) is 0 Å². The Balaban J connectivity index is 1.97. The van der Waals surface area contributed by atoms with E-state index in [1.807, 2.05) is 62.3 Å². The van der Waals surface area contributed by atoms with Gasteiger partial charge in [-0.2, -0.15) is 9.78 Å². The lowest BCUT2D eigenvalue weighted by Crippen LogP contribution is -2.08. The summed E-state index contributed by atoms with van der Waals surface area (Å²) in [4.78, 5) is 2.04. The zero-order valence-corrected chi connectivity index (χ0v) is 17.5. The van der Waals surface area contributed by atoms with Gasteiger partial charge in [0.25, 0.3) is 0 Å². The number of hydrogen-bond donors (Lipinski definition) is 0. The van der Waals surface area contributed by atoms with Gasteiger partial charge in [0.05, 0.1) is 27.5 Å². The Morgan fingerprint density at radius 1 is 0.931 bits per heavy atom. The van der Waals surface area contributed by atoms with E-state index in [1.54, 1.807) is 32.2 Å². The van der Waals surface area contributed by atoms with Crippen LogP contribution in [0.15, 0.2) is 41.5 Å². The van der Waals surface area contributed by atoms with Crippen molar-refractivity contribution in [3.63, 3.8) is 0 Å². The summed E-state index contributed by atoms with van der Waals surface area (Å²) in [5.74, 6) is 3.01. The third-order valence-corrected chi connectivity index (χ3v) is 4.45. The molecular weight excluding hydrogens is 370 g/mol. The molecule has 152 valence electrons. The fourth-order valence-corrected chi connectivity index (χ4v) is 2.88. The summed E-state index contributed by atoms with van der Waals surface area (Å²) in [7, 11) is 8.74. The molecule has 1 aromatic heterocycles. The molecular formula is C21H25N5O3. The minimum Gasteiger partial charge on any atom is -0.493 e. The maximum Gasteiger partial charge on any atom is 0.203 e. The maximum absolute atomic E-state index is 5.40. The van der Waals surface area contributed by atoms with E-state index < -0.39 is 0 Å². The van der Waals surface area contributed by atoms with E-state index in [9.17, 15) is 0 Å². The normalized spacial score (nSPS) is 11.0. The van der Waals surface area contributed by atoms with Crippen LogP contribution in [-0.2, 0) is 0 Å². The highest BCUT2D eigenvalue weighted by atomic mass is 16.5. The number of methoxy groups -OCH3 is 3. The van der Waals surface area contributed by atoms with Crippen molar-refractivity contribution in [2.45, 2.75) is 6.92 Å². The van der Waals surface area contributed by atoms with Crippen LogP contribution in [0.1, 0.15) is 11.4 Å². The second-order valence-electron chi connectivity index (χ2n) is 6.53. The predicted octanol–water partition coefficient (Wildman–Crippen LogP) is 3.23. The highest BCUT2D eigenvalue weighted by molar-refractivity contribution is 5.82. The number of hydrogen-bond acceptors (Lipinski definition) is 7. The molecule has 0 atom stereocenters. The highest BCUT2D eigenvalue weighted by Gasteiger charge is 2.14. The molecule has 0 aliphatic rings. The van der Waals surface area contributed by atoms with Gasteiger partial charge >= 0.3 is 0 Å². The topological polar surface area (TPSA) is 74.0 Å². The molecule has 29 heavy (non-hydrogen) atoms. The number of benzene rings is 2. The molecule has 2 aromatic carbocycles. The van der Waals surface area contributed by atoms with Crippen molar-refractivity contribution in [1.29, 1.82) is 0 Å². The van der Waals surface area contributed by atoms with E-state index in [2.05, 4.69) is 15.3 Å². The van der Waals surface area contributed by atoms with E-state index in [0.29, 0.717) is 28.9 Å². The fourth-order valence-electron chi connectivity index (χ4n) is 2.88. The molecule has 8 nitrogen and oxygen atoms in total. The standard InChI is InChI=1S/C21H25N5O3/c1-14-23-24-21(16-7-9-17(10-8-16)25(2)3)26(14)22-13-15-11-18(27-4)20(29-6)19(12-15)28-5/h7-13H,1-6H3/b22-13+. The third kappa shape index (κ3) is 4.16. The lowest BCUT2D eigenvalue weighted by Gasteiger charge is -2.13. The summed E-state index contributed by atoms with van der Waals surface area (Å²) in [6.45, 7) is 1.86. The Bertz CT molecular complexity index is 985. The number of nitrogens with zero attached hydrogens (tertiary/aromatic N) is 5. The van der Waals surface area contributed by atoms with Crippen LogP contribution in [0.3, 0.4) is 0 Å². The molecule has 0 N–H and O–H groups in total. The molecule has 0 unspecified atom stereocenters. The van der Waals surface area contributed by atoms with Crippen molar-refractivity contribution in [3.05, 3.63) is 47.8 Å². The number of rotatable bonds is 7. The van der Waals surface area contributed by atoms with Crippen LogP contribution >= 0.6 is 0 Å². The summed E-state index contributed by atoms with van der Waals surface area (Å²) < 4.78 is 17.9. The minimum atomic E-state index is 0.536. The van der Waals surface area contributed by atoms with E-state index in [-0.39, 0.29) is 0 Å². The van der Waals surface area contributed by atoms with Gasteiger partial charge in [0.2, 0.25) is 5.75 Å². The second kappa shape index (κ2) is 8.64. The Labute approximate surface area is 170 Å². The van der Waals surface area contributed by atoms with Crippen molar-refractivity contribution >= 4 is 11.9 Å². The molecule has 0 fully saturated rings. The molecule has 1 heterocycles. The van der Waals surface area contributed by atoms with Gasteiger partial charge in [0.15, 0.2) is 23.1 Å². The fraction of sp³-hybridized carbons (Fsp3) is 0.286. The number of ether oxygens (including phenoxy) is 3. The third-order valence-electron chi connectivity index (χ3n) is 4.45. The van der Waals surface area contributed by atoms with E-state index in [4.69, 9.17) is 14.2 Å². The van der Waals surface area contributed by atoms with Gasteiger partial charge in [-0.1, -0.05) is 0 Å². The van der Waals surface area contributed by atoms with E-state index in [0.717, 1.165) is 16.8 Å². The van der Waals surface area contributed by atoms with Crippen LogP contribution in [0.5, 0.6) is 17.2 Å². The van der Waals surface area contributed by atoms with Crippen LogP contribution in [0, 0.1) is 6.92 Å².